The fourth-order valence-corrected chi connectivity index (χ4v) is 2.50. The summed E-state index contributed by atoms with van der Waals surface area (Å²) in [6.45, 7) is 7.70. The van der Waals surface area contributed by atoms with Crippen molar-refractivity contribution in [1.29, 1.82) is 0 Å². The number of hydrogen-bond acceptors (Lipinski definition) is 4. The maximum Gasteiger partial charge on any atom is 0.236 e. The normalized spacial score (nSPS) is 18.9. The summed E-state index contributed by atoms with van der Waals surface area (Å²) in [5, 5.41) is 4.36. The van der Waals surface area contributed by atoms with Crippen LogP contribution in [0, 0.1) is 5.92 Å². The summed E-state index contributed by atoms with van der Waals surface area (Å²) in [6.07, 6.45) is 3.57. The maximum absolute atomic E-state index is 12.0. The number of ether oxygens (including phenoxy) is 1. The van der Waals surface area contributed by atoms with E-state index in [1.807, 2.05) is 16.9 Å². The van der Waals surface area contributed by atoms with E-state index in [2.05, 4.69) is 16.6 Å². The lowest BCUT2D eigenvalue weighted by Crippen LogP contribution is -2.38. The zero-order valence-electron chi connectivity index (χ0n) is 12.9. The molecule has 0 aliphatic carbocycles. The van der Waals surface area contributed by atoms with Crippen molar-refractivity contribution in [3.8, 4) is 0 Å². The van der Waals surface area contributed by atoms with E-state index in [1.54, 1.807) is 25.1 Å². The lowest BCUT2D eigenvalue weighted by atomic mass is 10.1. The number of hydrogen-bond donors (Lipinski definition) is 0. The van der Waals surface area contributed by atoms with Crippen molar-refractivity contribution in [2.75, 3.05) is 40.4 Å². The van der Waals surface area contributed by atoms with Crippen LogP contribution in [0.3, 0.4) is 0 Å². The van der Waals surface area contributed by atoms with Crippen LogP contribution in [0.5, 0.6) is 0 Å². The van der Waals surface area contributed by atoms with E-state index in [0.717, 1.165) is 25.3 Å². The molecule has 0 aromatic carbocycles. The molecule has 1 aromatic heterocycles. The molecule has 2 heterocycles. The third-order valence-corrected chi connectivity index (χ3v) is 3.58. The fourth-order valence-electron chi connectivity index (χ4n) is 2.50. The number of rotatable bonds is 6. The third-order valence-electron chi connectivity index (χ3n) is 3.58. The highest BCUT2D eigenvalue weighted by Crippen LogP contribution is 2.16. The topological polar surface area (TPSA) is 50.6 Å². The van der Waals surface area contributed by atoms with Gasteiger partial charge in [-0.05, 0) is 6.07 Å². The molecular formula is C15H24N4O2. The number of aromatic nitrogens is 2. The van der Waals surface area contributed by atoms with Crippen molar-refractivity contribution in [3.05, 3.63) is 30.6 Å². The highest BCUT2D eigenvalue weighted by Gasteiger charge is 2.24. The van der Waals surface area contributed by atoms with Gasteiger partial charge in [0.05, 0.1) is 25.5 Å². The number of carbonyl (C=O) groups is 1. The van der Waals surface area contributed by atoms with E-state index in [1.165, 1.54) is 0 Å². The molecule has 116 valence electrons. The number of carbonyl (C=O) groups excluding carboxylic acids is 1. The molecule has 0 fully saturated rings. The van der Waals surface area contributed by atoms with Crippen molar-refractivity contribution in [2.24, 2.45) is 5.92 Å². The van der Waals surface area contributed by atoms with Crippen LogP contribution in [-0.2, 0) is 22.6 Å². The van der Waals surface area contributed by atoms with Crippen molar-refractivity contribution in [2.45, 2.75) is 13.1 Å². The van der Waals surface area contributed by atoms with Crippen LogP contribution in [-0.4, -0.2) is 65.9 Å². The van der Waals surface area contributed by atoms with Gasteiger partial charge in [-0.25, -0.2) is 0 Å². The SMILES string of the molecule is C=CCOC[C@@H]1CN(CC(=O)N(C)C)Cc2ccnn2C1. The van der Waals surface area contributed by atoms with Crippen LogP contribution in [0.4, 0.5) is 0 Å². The van der Waals surface area contributed by atoms with Gasteiger partial charge in [-0.3, -0.25) is 14.4 Å². The van der Waals surface area contributed by atoms with E-state index in [4.69, 9.17) is 4.74 Å². The smallest absolute Gasteiger partial charge is 0.236 e. The Balaban J connectivity index is 2.03. The number of nitrogens with zero attached hydrogens (tertiary/aromatic N) is 4. The van der Waals surface area contributed by atoms with Gasteiger partial charge in [0.2, 0.25) is 5.91 Å². The highest BCUT2D eigenvalue weighted by molar-refractivity contribution is 5.77. The number of amides is 1. The van der Waals surface area contributed by atoms with Crippen LogP contribution in [0.1, 0.15) is 5.69 Å². The standard InChI is InChI=1S/C15H24N4O2/c1-4-7-21-12-13-8-18(11-15(20)17(2)3)10-14-5-6-16-19(14)9-13/h4-6,13H,1,7-12H2,2-3H3/t13-/m1/s1. The molecule has 2 rings (SSSR count). The Kier molecular flexibility index (Phi) is 5.52. The van der Waals surface area contributed by atoms with E-state index in [0.29, 0.717) is 25.7 Å². The van der Waals surface area contributed by atoms with Crippen LogP contribution < -0.4 is 0 Å². The predicted octanol–water partition coefficient (Wildman–Crippen LogP) is 0.606. The zero-order chi connectivity index (χ0) is 15.2. The Hall–Kier alpha value is -1.66. The Morgan fingerprint density at radius 1 is 1.57 bits per heavy atom. The quantitative estimate of drug-likeness (QED) is 0.569. The lowest BCUT2D eigenvalue weighted by Gasteiger charge is -2.24. The first-order valence-electron chi connectivity index (χ1n) is 7.22. The van der Waals surface area contributed by atoms with E-state index < -0.39 is 0 Å². The minimum atomic E-state index is 0.119. The molecule has 0 unspecified atom stereocenters. The molecule has 21 heavy (non-hydrogen) atoms. The molecule has 0 spiro atoms. The molecule has 6 heteroatoms. The summed E-state index contributed by atoms with van der Waals surface area (Å²) in [4.78, 5) is 15.8. The second-order valence-electron chi connectivity index (χ2n) is 5.65. The molecular weight excluding hydrogens is 268 g/mol. The molecule has 0 saturated carbocycles. The minimum Gasteiger partial charge on any atom is -0.377 e. The lowest BCUT2D eigenvalue weighted by molar-refractivity contribution is -0.130. The van der Waals surface area contributed by atoms with Gasteiger partial charge in [-0.15, -0.1) is 6.58 Å². The van der Waals surface area contributed by atoms with E-state index in [-0.39, 0.29) is 5.91 Å². The van der Waals surface area contributed by atoms with Crippen LogP contribution in [0.2, 0.25) is 0 Å². The summed E-state index contributed by atoms with van der Waals surface area (Å²) in [5.74, 6) is 0.440. The molecule has 1 aliphatic heterocycles. The molecule has 0 N–H and O–H groups in total. The van der Waals surface area contributed by atoms with Crippen LogP contribution in [0.25, 0.3) is 0 Å². The van der Waals surface area contributed by atoms with Gasteiger partial charge >= 0.3 is 0 Å². The van der Waals surface area contributed by atoms with Crippen LogP contribution in [0.15, 0.2) is 24.9 Å². The number of likely N-dealkylation sites (N-methyl/N-ethyl adjacent to an activating group) is 1. The molecule has 0 bridgehead atoms. The first-order valence-corrected chi connectivity index (χ1v) is 7.22. The number of fused-ring (bicyclic) bond motifs is 1. The third kappa shape index (κ3) is 4.41. The molecule has 1 amide bonds. The zero-order valence-corrected chi connectivity index (χ0v) is 12.9. The van der Waals surface area contributed by atoms with Gasteiger partial charge in [0, 0.05) is 45.8 Å². The molecule has 1 aliphatic rings. The molecule has 1 aromatic rings. The molecule has 6 nitrogen and oxygen atoms in total. The summed E-state index contributed by atoms with van der Waals surface area (Å²) in [6, 6.07) is 2.01. The average molecular weight is 292 g/mol. The highest BCUT2D eigenvalue weighted by atomic mass is 16.5. The van der Waals surface area contributed by atoms with E-state index >= 15 is 0 Å². The van der Waals surface area contributed by atoms with Crippen molar-refractivity contribution >= 4 is 5.91 Å². The first-order chi connectivity index (χ1) is 10.1. The summed E-state index contributed by atoms with van der Waals surface area (Å²) < 4.78 is 7.60. The largest absolute Gasteiger partial charge is 0.377 e. The first kappa shape index (κ1) is 15.7. The Bertz CT molecular complexity index is 484. The van der Waals surface area contributed by atoms with Crippen molar-refractivity contribution < 1.29 is 9.53 Å². The predicted molar refractivity (Wildman–Crippen MR) is 80.7 cm³/mol. The second-order valence-corrected chi connectivity index (χ2v) is 5.65. The molecule has 0 saturated heterocycles. The van der Waals surface area contributed by atoms with Crippen molar-refractivity contribution in [1.82, 2.24) is 19.6 Å². The van der Waals surface area contributed by atoms with Gasteiger partial charge < -0.3 is 9.64 Å². The summed E-state index contributed by atoms with van der Waals surface area (Å²) in [7, 11) is 3.57. The fraction of sp³-hybridized carbons (Fsp3) is 0.600. The molecule has 0 radical (unpaired) electrons. The monoisotopic (exact) mass is 292 g/mol. The maximum atomic E-state index is 12.0. The summed E-state index contributed by atoms with van der Waals surface area (Å²) in [5.41, 5.74) is 1.15. The Morgan fingerprint density at radius 3 is 3.10 bits per heavy atom. The van der Waals surface area contributed by atoms with Gasteiger partial charge in [0.25, 0.3) is 0 Å². The Labute approximate surface area is 126 Å². The van der Waals surface area contributed by atoms with Gasteiger partial charge in [-0.2, -0.15) is 5.10 Å². The molecule has 1 atom stereocenters. The van der Waals surface area contributed by atoms with Gasteiger partial charge in [0.15, 0.2) is 0 Å². The Morgan fingerprint density at radius 2 is 2.38 bits per heavy atom. The van der Waals surface area contributed by atoms with Gasteiger partial charge in [-0.1, -0.05) is 6.08 Å². The van der Waals surface area contributed by atoms with Crippen LogP contribution >= 0.6 is 0 Å². The summed E-state index contributed by atoms with van der Waals surface area (Å²) >= 11 is 0. The average Bonchev–Trinajstić information content (AvgIpc) is 2.79. The van der Waals surface area contributed by atoms with Gasteiger partial charge in [0.1, 0.15) is 0 Å². The van der Waals surface area contributed by atoms with Crippen molar-refractivity contribution in [3.63, 3.8) is 0 Å². The van der Waals surface area contributed by atoms with E-state index in [9.17, 15) is 4.79 Å². The second kappa shape index (κ2) is 7.38. The minimum absolute atomic E-state index is 0.119.